The van der Waals surface area contributed by atoms with Gasteiger partial charge in [-0.1, -0.05) is 0 Å². The third-order valence-electron chi connectivity index (χ3n) is 1.38. The van der Waals surface area contributed by atoms with E-state index in [9.17, 15) is 18.0 Å². The molecule has 0 aliphatic carbocycles. The summed E-state index contributed by atoms with van der Waals surface area (Å²) in [6.07, 6.45) is -4.90. The third kappa shape index (κ3) is 2.65. The van der Waals surface area contributed by atoms with Crippen molar-refractivity contribution in [2.24, 2.45) is 0 Å². The van der Waals surface area contributed by atoms with Crippen molar-refractivity contribution in [1.29, 1.82) is 0 Å². The smallest absolute Gasteiger partial charge is 0.471 e. The van der Waals surface area contributed by atoms with Gasteiger partial charge in [0.1, 0.15) is 5.75 Å². The standard InChI is InChI=1S/C8H6F3NO2/c9-8(10,11)7(14)12-5-1-3-6(13)4-2-5/h1-4,13H,(H,12,14). The molecule has 0 bridgehead atoms. The number of phenols is 1. The Morgan fingerprint density at radius 3 is 2.14 bits per heavy atom. The molecule has 0 saturated heterocycles. The zero-order valence-corrected chi connectivity index (χ0v) is 6.80. The molecule has 14 heavy (non-hydrogen) atoms. The molecular weight excluding hydrogens is 199 g/mol. The summed E-state index contributed by atoms with van der Waals surface area (Å²) >= 11 is 0. The average Bonchev–Trinajstić information content (AvgIpc) is 2.07. The van der Waals surface area contributed by atoms with Gasteiger partial charge >= 0.3 is 12.1 Å². The Balaban J connectivity index is 2.71. The summed E-state index contributed by atoms with van der Waals surface area (Å²) in [6, 6.07) is 4.68. The van der Waals surface area contributed by atoms with Crippen molar-refractivity contribution in [1.82, 2.24) is 0 Å². The van der Waals surface area contributed by atoms with Gasteiger partial charge < -0.3 is 10.4 Å². The quantitative estimate of drug-likeness (QED) is 0.688. The number of carbonyl (C=O) groups excluding carboxylic acids is 1. The summed E-state index contributed by atoms with van der Waals surface area (Å²) in [4.78, 5) is 10.4. The monoisotopic (exact) mass is 205 g/mol. The normalized spacial score (nSPS) is 11.1. The first-order valence-corrected chi connectivity index (χ1v) is 3.57. The van der Waals surface area contributed by atoms with Crippen LogP contribution >= 0.6 is 0 Å². The average molecular weight is 205 g/mol. The van der Waals surface area contributed by atoms with Crippen molar-refractivity contribution in [3.05, 3.63) is 24.3 Å². The van der Waals surface area contributed by atoms with Crippen LogP contribution in [0.25, 0.3) is 0 Å². The lowest BCUT2D eigenvalue weighted by molar-refractivity contribution is -0.167. The molecule has 1 amide bonds. The number of benzene rings is 1. The molecule has 0 aromatic heterocycles. The Kier molecular flexibility index (Phi) is 2.64. The molecule has 0 saturated carbocycles. The van der Waals surface area contributed by atoms with Gasteiger partial charge in [0.05, 0.1) is 0 Å². The Morgan fingerprint density at radius 2 is 1.71 bits per heavy atom. The number of nitrogens with one attached hydrogen (secondary N) is 1. The number of phenolic OH excluding ortho intramolecular Hbond substituents is 1. The highest BCUT2D eigenvalue weighted by molar-refractivity contribution is 5.94. The summed E-state index contributed by atoms with van der Waals surface area (Å²) < 4.78 is 35.3. The first kappa shape index (κ1) is 10.4. The van der Waals surface area contributed by atoms with Crippen LogP contribution in [0.4, 0.5) is 18.9 Å². The van der Waals surface area contributed by atoms with Gasteiger partial charge in [0.25, 0.3) is 0 Å². The van der Waals surface area contributed by atoms with E-state index in [1.807, 2.05) is 0 Å². The lowest BCUT2D eigenvalue weighted by atomic mass is 10.3. The van der Waals surface area contributed by atoms with Crippen LogP contribution in [0.1, 0.15) is 0 Å². The van der Waals surface area contributed by atoms with E-state index in [1.54, 1.807) is 5.32 Å². The van der Waals surface area contributed by atoms with Crippen LogP contribution in [-0.2, 0) is 4.79 Å². The number of aromatic hydroxyl groups is 1. The number of rotatable bonds is 1. The molecule has 0 heterocycles. The summed E-state index contributed by atoms with van der Waals surface area (Å²) in [5, 5.41) is 10.4. The van der Waals surface area contributed by atoms with Crippen molar-refractivity contribution >= 4 is 11.6 Å². The van der Waals surface area contributed by atoms with Crippen molar-refractivity contribution < 1.29 is 23.1 Å². The van der Waals surface area contributed by atoms with Gasteiger partial charge in [-0.15, -0.1) is 0 Å². The molecular formula is C8H6F3NO2. The van der Waals surface area contributed by atoms with E-state index in [0.29, 0.717) is 0 Å². The Labute approximate surface area is 77.2 Å². The molecule has 0 fully saturated rings. The molecule has 1 aromatic rings. The van der Waals surface area contributed by atoms with E-state index in [-0.39, 0.29) is 11.4 Å². The van der Waals surface area contributed by atoms with E-state index < -0.39 is 12.1 Å². The molecule has 0 aliphatic heterocycles. The van der Waals surface area contributed by atoms with E-state index in [0.717, 1.165) is 0 Å². The number of hydrogen-bond acceptors (Lipinski definition) is 2. The minimum atomic E-state index is -4.90. The van der Waals surface area contributed by atoms with Crippen molar-refractivity contribution in [3.63, 3.8) is 0 Å². The van der Waals surface area contributed by atoms with E-state index >= 15 is 0 Å². The zero-order valence-electron chi connectivity index (χ0n) is 6.80. The Bertz CT molecular complexity index is 331. The fourth-order valence-electron chi connectivity index (χ4n) is 0.747. The van der Waals surface area contributed by atoms with E-state index in [4.69, 9.17) is 5.11 Å². The molecule has 0 atom stereocenters. The number of alkyl halides is 3. The maximum absolute atomic E-state index is 11.8. The second kappa shape index (κ2) is 3.57. The fourth-order valence-corrected chi connectivity index (χ4v) is 0.747. The first-order valence-electron chi connectivity index (χ1n) is 3.57. The predicted molar refractivity (Wildman–Crippen MR) is 42.8 cm³/mol. The van der Waals surface area contributed by atoms with Gasteiger partial charge in [-0.2, -0.15) is 13.2 Å². The van der Waals surface area contributed by atoms with Crippen molar-refractivity contribution in [2.75, 3.05) is 5.32 Å². The third-order valence-corrected chi connectivity index (χ3v) is 1.38. The molecule has 0 spiro atoms. The molecule has 1 rings (SSSR count). The zero-order chi connectivity index (χ0) is 10.8. The molecule has 76 valence electrons. The van der Waals surface area contributed by atoms with Crippen LogP contribution in [0.2, 0.25) is 0 Å². The number of amides is 1. The highest BCUT2D eigenvalue weighted by atomic mass is 19.4. The second-order valence-corrected chi connectivity index (χ2v) is 2.50. The van der Waals surface area contributed by atoms with E-state index in [2.05, 4.69) is 0 Å². The molecule has 1 aromatic carbocycles. The lowest BCUT2D eigenvalue weighted by Crippen LogP contribution is -2.29. The number of halogens is 3. The van der Waals surface area contributed by atoms with Crippen LogP contribution in [0.5, 0.6) is 5.75 Å². The maximum atomic E-state index is 11.8. The topological polar surface area (TPSA) is 49.3 Å². The fraction of sp³-hybridized carbons (Fsp3) is 0.125. The SMILES string of the molecule is O=C(Nc1ccc(O)cc1)C(F)(F)F. The molecule has 0 unspecified atom stereocenters. The van der Waals surface area contributed by atoms with Gasteiger partial charge in [-0.3, -0.25) is 4.79 Å². The van der Waals surface area contributed by atoms with Gasteiger partial charge in [0.15, 0.2) is 0 Å². The largest absolute Gasteiger partial charge is 0.508 e. The Morgan fingerprint density at radius 1 is 1.21 bits per heavy atom. The summed E-state index contributed by atoms with van der Waals surface area (Å²) in [5.41, 5.74) is -0.0230. The predicted octanol–water partition coefficient (Wildman–Crippen LogP) is 1.89. The molecule has 0 aliphatic rings. The number of anilines is 1. The van der Waals surface area contributed by atoms with Crippen LogP contribution in [-0.4, -0.2) is 17.2 Å². The lowest BCUT2D eigenvalue weighted by Gasteiger charge is -2.07. The number of hydrogen-bond donors (Lipinski definition) is 2. The van der Waals surface area contributed by atoms with Crippen molar-refractivity contribution in [3.8, 4) is 5.75 Å². The second-order valence-electron chi connectivity index (χ2n) is 2.50. The summed E-state index contributed by atoms with van der Waals surface area (Å²) in [6.45, 7) is 0. The van der Waals surface area contributed by atoms with Gasteiger partial charge in [-0.05, 0) is 24.3 Å². The van der Waals surface area contributed by atoms with Crippen LogP contribution in [0.15, 0.2) is 24.3 Å². The molecule has 2 N–H and O–H groups in total. The van der Waals surface area contributed by atoms with Crippen LogP contribution in [0, 0.1) is 0 Å². The summed E-state index contributed by atoms with van der Waals surface area (Å²) in [5.74, 6) is -2.13. The van der Waals surface area contributed by atoms with Gasteiger partial charge in [-0.25, -0.2) is 0 Å². The Hall–Kier alpha value is -1.72. The van der Waals surface area contributed by atoms with E-state index in [1.165, 1.54) is 24.3 Å². The summed E-state index contributed by atoms with van der Waals surface area (Å²) in [7, 11) is 0. The minimum absolute atomic E-state index is 0.0230. The molecule has 0 radical (unpaired) electrons. The maximum Gasteiger partial charge on any atom is 0.471 e. The molecule has 3 nitrogen and oxygen atoms in total. The first-order chi connectivity index (χ1) is 6.39. The number of carbonyl (C=O) groups is 1. The molecule has 6 heteroatoms. The van der Waals surface area contributed by atoms with Crippen LogP contribution < -0.4 is 5.32 Å². The minimum Gasteiger partial charge on any atom is -0.508 e. The van der Waals surface area contributed by atoms with Gasteiger partial charge in [0.2, 0.25) is 0 Å². The van der Waals surface area contributed by atoms with Gasteiger partial charge in [0, 0.05) is 5.69 Å². The highest BCUT2D eigenvalue weighted by Crippen LogP contribution is 2.19. The highest BCUT2D eigenvalue weighted by Gasteiger charge is 2.38. The van der Waals surface area contributed by atoms with Crippen molar-refractivity contribution in [2.45, 2.75) is 6.18 Å². The van der Waals surface area contributed by atoms with Crippen LogP contribution in [0.3, 0.4) is 0 Å².